The van der Waals surface area contributed by atoms with E-state index in [4.69, 9.17) is 35.2 Å². The second-order valence-corrected chi connectivity index (χ2v) is 12.4. The van der Waals surface area contributed by atoms with Crippen LogP contribution in [-0.2, 0) is 13.1 Å². The standard InChI is InChI=1S/C36H35N3.2ClH.Fe/c1-23-19-25(3)33(26(4)20-23)38-35(29-13-9-7-10-14-29)31-17-18-32(37-31)36(30-15-11-8-12-16-30)39-34-27(5)21-24(2)22-28(34)6;;;/h7-17,19-22H,18H2,1-6H3;2*1H;/q;;;+2/p-2. The number of nitrogens with zero attached hydrogens (tertiary/aromatic N) is 3. The summed E-state index contributed by atoms with van der Waals surface area (Å²) in [5.41, 5.74) is 14.9. The average molecular weight is 636 g/mol. The van der Waals surface area contributed by atoms with Crippen LogP contribution in [-0.4, -0.2) is 17.1 Å². The summed E-state index contributed by atoms with van der Waals surface area (Å²) in [4.78, 5) is 15.7. The van der Waals surface area contributed by atoms with Gasteiger partial charge in [-0.05, 0) is 63.8 Å². The molecule has 0 aromatic heterocycles. The van der Waals surface area contributed by atoms with E-state index in [0.29, 0.717) is 6.42 Å². The number of hydrogen-bond donors (Lipinski definition) is 0. The van der Waals surface area contributed by atoms with E-state index < -0.39 is 0 Å². The Morgan fingerprint density at radius 2 is 1.00 bits per heavy atom. The molecule has 42 heavy (non-hydrogen) atoms. The van der Waals surface area contributed by atoms with Gasteiger partial charge >= 0.3 is 33.3 Å². The van der Waals surface area contributed by atoms with Gasteiger partial charge in [0.15, 0.2) is 0 Å². The first-order valence-electron chi connectivity index (χ1n) is 13.8. The van der Waals surface area contributed by atoms with E-state index in [9.17, 15) is 0 Å². The summed E-state index contributed by atoms with van der Waals surface area (Å²) >= 11 is 0.194. The molecular weight excluding hydrogens is 601 g/mol. The number of benzene rings is 4. The molecule has 0 spiro atoms. The minimum absolute atomic E-state index is 0.194. The van der Waals surface area contributed by atoms with Gasteiger partial charge in [-0.25, -0.2) is 15.0 Å². The van der Waals surface area contributed by atoms with Crippen molar-refractivity contribution in [1.29, 1.82) is 0 Å². The maximum atomic E-state index is 5.25. The minimum atomic E-state index is 0.194. The van der Waals surface area contributed by atoms with Crippen molar-refractivity contribution in [2.24, 2.45) is 15.0 Å². The molecular formula is C36H35Cl2FeN3. The first-order chi connectivity index (χ1) is 20.2. The topological polar surface area (TPSA) is 37.1 Å². The van der Waals surface area contributed by atoms with Gasteiger partial charge in [-0.2, -0.15) is 0 Å². The van der Waals surface area contributed by atoms with E-state index in [1.165, 1.54) is 33.4 Å². The van der Waals surface area contributed by atoms with Crippen LogP contribution < -0.4 is 0 Å². The van der Waals surface area contributed by atoms with Crippen LogP contribution >= 0.6 is 20.2 Å². The molecule has 0 saturated carbocycles. The molecule has 5 rings (SSSR count). The van der Waals surface area contributed by atoms with Crippen molar-refractivity contribution in [3.05, 3.63) is 141 Å². The normalized spacial score (nSPS) is 13.4. The third-order valence-electron chi connectivity index (χ3n) is 7.07. The van der Waals surface area contributed by atoms with Crippen molar-refractivity contribution in [1.82, 2.24) is 0 Å². The van der Waals surface area contributed by atoms with Crippen molar-refractivity contribution < 1.29 is 13.1 Å². The molecule has 0 N–H and O–H groups in total. The van der Waals surface area contributed by atoms with Gasteiger partial charge in [-0.1, -0.05) is 102 Å². The molecule has 0 atom stereocenters. The van der Waals surface area contributed by atoms with Crippen molar-refractivity contribution in [3.8, 4) is 0 Å². The Kier molecular flexibility index (Phi) is 11.1. The number of rotatable bonds is 6. The third-order valence-corrected chi connectivity index (χ3v) is 7.07. The Morgan fingerprint density at radius 3 is 1.43 bits per heavy atom. The van der Waals surface area contributed by atoms with Crippen molar-refractivity contribution in [2.75, 3.05) is 0 Å². The zero-order chi connectivity index (χ0) is 30.2. The molecule has 0 saturated heterocycles. The van der Waals surface area contributed by atoms with Gasteiger partial charge in [0.1, 0.15) is 0 Å². The van der Waals surface area contributed by atoms with E-state index in [2.05, 4.69) is 120 Å². The fourth-order valence-corrected chi connectivity index (χ4v) is 5.41. The van der Waals surface area contributed by atoms with Crippen molar-refractivity contribution in [2.45, 2.75) is 48.0 Å². The fourth-order valence-electron chi connectivity index (χ4n) is 5.41. The van der Waals surface area contributed by atoms with Crippen LogP contribution in [0.1, 0.15) is 50.9 Å². The zero-order valence-corrected chi connectivity index (χ0v) is 27.4. The van der Waals surface area contributed by atoms with Crippen molar-refractivity contribution >= 4 is 48.7 Å². The SMILES string of the molecule is Cc1cc(C)c(N=C(C2=CCC(C(=Nc3c(C)cc(C)cc3C)c3ccccc3)=N2)c2ccccc2)c(C)c1.[Cl][Fe][Cl]. The average Bonchev–Trinajstić information content (AvgIpc) is 3.43. The molecule has 0 radical (unpaired) electrons. The second kappa shape index (κ2) is 14.8. The third kappa shape index (κ3) is 7.76. The van der Waals surface area contributed by atoms with Crippen LogP contribution in [0.15, 0.2) is 112 Å². The van der Waals surface area contributed by atoms with Gasteiger partial charge in [0.25, 0.3) is 0 Å². The number of halogens is 2. The second-order valence-electron chi connectivity index (χ2n) is 10.6. The Labute approximate surface area is 264 Å². The van der Waals surface area contributed by atoms with E-state index >= 15 is 0 Å². The molecule has 0 unspecified atom stereocenters. The van der Waals surface area contributed by atoms with E-state index in [1.54, 1.807) is 0 Å². The van der Waals surface area contributed by atoms with E-state index in [-0.39, 0.29) is 13.1 Å². The van der Waals surface area contributed by atoms with E-state index in [1.807, 2.05) is 12.1 Å². The molecule has 1 aliphatic rings. The van der Waals surface area contributed by atoms with Gasteiger partial charge in [-0.3, -0.25) is 0 Å². The Balaban J connectivity index is 0.00000129. The molecule has 6 heteroatoms. The summed E-state index contributed by atoms with van der Waals surface area (Å²) in [7, 11) is 9.53. The van der Waals surface area contributed by atoms with Crippen LogP contribution in [0.2, 0.25) is 0 Å². The molecule has 4 aromatic rings. The Bertz CT molecular complexity index is 1640. The van der Waals surface area contributed by atoms with Gasteiger partial charge in [0.05, 0.1) is 34.2 Å². The number of hydrogen-bond acceptors (Lipinski definition) is 3. The first-order valence-corrected chi connectivity index (χ1v) is 16.8. The summed E-state index contributed by atoms with van der Waals surface area (Å²) < 4.78 is 0. The zero-order valence-electron chi connectivity index (χ0n) is 24.8. The quantitative estimate of drug-likeness (QED) is 0.149. The van der Waals surface area contributed by atoms with Crippen LogP contribution in [0, 0.1) is 41.5 Å². The molecule has 0 amide bonds. The Hall–Kier alpha value is -3.27. The van der Waals surface area contributed by atoms with Crippen LogP contribution in [0.5, 0.6) is 0 Å². The van der Waals surface area contributed by atoms with Gasteiger partial charge in [0, 0.05) is 17.5 Å². The molecule has 216 valence electrons. The van der Waals surface area contributed by atoms with Crippen LogP contribution in [0.3, 0.4) is 0 Å². The number of allylic oxidation sites excluding steroid dienone is 2. The van der Waals surface area contributed by atoms with Gasteiger partial charge in [0.2, 0.25) is 0 Å². The summed E-state index contributed by atoms with van der Waals surface area (Å²) in [5, 5.41) is 0. The van der Waals surface area contributed by atoms with E-state index in [0.717, 1.165) is 45.3 Å². The molecule has 4 aromatic carbocycles. The van der Waals surface area contributed by atoms with Crippen molar-refractivity contribution in [3.63, 3.8) is 0 Å². The Morgan fingerprint density at radius 1 is 0.619 bits per heavy atom. The fraction of sp³-hybridized carbons (Fsp3) is 0.194. The van der Waals surface area contributed by atoms with Crippen LogP contribution in [0.4, 0.5) is 11.4 Å². The first kappa shape index (κ1) is 31.7. The monoisotopic (exact) mass is 635 g/mol. The van der Waals surface area contributed by atoms with Gasteiger partial charge < -0.3 is 0 Å². The molecule has 1 heterocycles. The molecule has 3 nitrogen and oxygen atoms in total. The molecule has 1 aliphatic heterocycles. The number of aliphatic imine (C=N–C) groups is 3. The molecule has 0 fully saturated rings. The summed E-state index contributed by atoms with van der Waals surface area (Å²) in [6, 6.07) is 29.5. The number of aryl methyl sites for hydroxylation is 6. The predicted octanol–water partition coefficient (Wildman–Crippen LogP) is 10.6. The summed E-state index contributed by atoms with van der Waals surface area (Å²) in [6.07, 6.45) is 2.89. The summed E-state index contributed by atoms with van der Waals surface area (Å²) in [6.45, 7) is 12.8. The van der Waals surface area contributed by atoms with Gasteiger partial charge in [-0.15, -0.1) is 0 Å². The summed E-state index contributed by atoms with van der Waals surface area (Å²) in [5.74, 6) is 0. The predicted molar refractivity (Wildman–Crippen MR) is 178 cm³/mol. The molecule has 0 bridgehead atoms. The maximum absolute atomic E-state index is 5.25. The van der Waals surface area contributed by atoms with Crippen LogP contribution in [0.25, 0.3) is 0 Å². The molecule has 0 aliphatic carbocycles.